The van der Waals surface area contributed by atoms with Crippen LogP contribution in [0.25, 0.3) is 0 Å². The second-order valence-electron chi connectivity index (χ2n) is 0. The molecule has 0 spiro atoms. The van der Waals surface area contributed by atoms with Crippen molar-refractivity contribution in [2.45, 2.75) is 0 Å². The molecule has 0 saturated carbocycles. The Morgan fingerprint density at radius 2 is 0.750 bits per heavy atom. The normalized spacial score (nSPS) is 0. The van der Waals surface area contributed by atoms with Crippen LogP contribution >= 0.6 is 0 Å². The summed E-state index contributed by atoms with van der Waals surface area (Å²) in [6.45, 7) is 0. The van der Waals surface area contributed by atoms with Gasteiger partial charge in [0.25, 0.3) is 0 Å². The molecule has 0 saturated heterocycles. The van der Waals surface area contributed by atoms with E-state index >= 15 is 0 Å². The molecule has 0 fully saturated rings. The molecule has 0 aromatic carbocycles. The minimum atomic E-state index is 0. The summed E-state index contributed by atoms with van der Waals surface area (Å²) in [5, 5.41) is 0. The van der Waals surface area contributed by atoms with E-state index in [9.17, 15) is 0 Å². The van der Waals surface area contributed by atoms with Gasteiger partial charge in [0.15, 0.2) is 0 Å². The van der Waals surface area contributed by atoms with E-state index in [1.807, 2.05) is 0 Å². The van der Waals surface area contributed by atoms with Gasteiger partial charge in [-0.15, -0.1) is 0 Å². The Morgan fingerprint density at radius 3 is 0.750 bits per heavy atom. The molecule has 0 aliphatic rings. The van der Waals surface area contributed by atoms with Gasteiger partial charge in [0, 0.05) is 0 Å². The van der Waals surface area contributed by atoms with E-state index < -0.39 is 0 Å². The molecule has 2 nitrogen and oxygen atoms in total. The average molecular weight is 296 g/mol. The third-order valence-corrected chi connectivity index (χ3v) is 0. The fourth-order valence-electron chi connectivity index (χ4n) is 0. The summed E-state index contributed by atoms with van der Waals surface area (Å²) in [5.74, 6) is 0. The van der Waals surface area contributed by atoms with E-state index in [0.717, 1.165) is 0 Å². The van der Waals surface area contributed by atoms with Crippen molar-refractivity contribution in [2.24, 2.45) is 0 Å². The van der Waals surface area contributed by atoms with Gasteiger partial charge in [-0.3, -0.25) is 0 Å². The van der Waals surface area contributed by atoms with Crippen molar-refractivity contribution in [2.75, 3.05) is 0 Å². The van der Waals surface area contributed by atoms with Gasteiger partial charge in [-0.25, -0.2) is 0 Å². The molecule has 0 aliphatic carbocycles. The van der Waals surface area contributed by atoms with Gasteiger partial charge < -0.3 is 11.0 Å². The van der Waals surface area contributed by atoms with Crippen molar-refractivity contribution >= 4 is 0 Å². The SMILES string of the molecule is [O-2].[O-2].[Yb+3].[Zr+4]. The molecule has 0 rings (SSSR count). The van der Waals surface area contributed by atoms with Crippen molar-refractivity contribution in [1.82, 2.24) is 0 Å². The van der Waals surface area contributed by atoms with Gasteiger partial charge in [-0.1, -0.05) is 0 Å². The molecule has 0 amide bonds. The summed E-state index contributed by atoms with van der Waals surface area (Å²) in [4.78, 5) is 0. The van der Waals surface area contributed by atoms with Crippen molar-refractivity contribution < 1.29 is 84.1 Å². The van der Waals surface area contributed by atoms with Gasteiger partial charge >= 0.3 is 73.1 Å². The van der Waals surface area contributed by atoms with Crippen molar-refractivity contribution in [3.63, 3.8) is 0 Å². The Hall–Kier alpha value is 2.32. The monoisotopic (exact) mass is 296 g/mol. The summed E-state index contributed by atoms with van der Waals surface area (Å²) >= 11 is 0. The Bertz CT molecular complexity index is 6.00. The molecule has 4 heavy (non-hydrogen) atoms. The van der Waals surface area contributed by atoms with E-state index in [2.05, 4.69) is 0 Å². The maximum absolute atomic E-state index is 0. The molecule has 0 N–H and O–H groups in total. The van der Waals surface area contributed by atoms with E-state index in [-0.39, 0.29) is 84.1 Å². The van der Waals surface area contributed by atoms with Crippen molar-refractivity contribution in [3.05, 3.63) is 0 Å². The fourth-order valence-corrected chi connectivity index (χ4v) is 0. The Morgan fingerprint density at radius 1 is 0.750 bits per heavy atom. The van der Waals surface area contributed by atoms with Gasteiger partial charge in [0.05, 0.1) is 0 Å². The molecule has 0 aliphatic heterocycles. The summed E-state index contributed by atoms with van der Waals surface area (Å²) in [7, 11) is 0. The molecular formula is O2YbZr+3. The molecular weight excluding hydrogens is 296 g/mol. The third-order valence-electron chi connectivity index (χ3n) is 0. The second-order valence-corrected chi connectivity index (χ2v) is 0. The summed E-state index contributed by atoms with van der Waals surface area (Å²) < 4.78 is 0. The number of hydrogen-bond acceptors (Lipinski definition) is 0. The molecule has 27 valence electrons. The van der Waals surface area contributed by atoms with Crippen molar-refractivity contribution in [1.29, 1.82) is 0 Å². The third kappa shape index (κ3) is 8.85. The predicted octanol–water partition coefficient (Wildman–Crippen LogP) is -0.240. The van der Waals surface area contributed by atoms with Crippen LogP contribution in [0.2, 0.25) is 0 Å². The fraction of sp³-hybridized carbons (Fsp3) is 0. The molecule has 0 unspecified atom stereocenters. The molecule has 0 aromatic heterocycles. The zero-order chi connectivity index (χ0) is 0. The first kappa shape index (κ1) is 33.2. The maximum Gasteiger partial charge on any atom is 4.00 e. The van der Waals surface area contributed by atoms with Gasteiger partial charge in [-0.2, -0.15) is 0 Å². The zero-order valence-electron chi connectivity index (χ0n) is 1.58. The maximum atomic E-state index is 0. The van der Waals surface area contributed by atoms with Crippen LogP contribution in [0, 0.1) is 46.9 Å². The van der Waals surface area contributed by atoms with Crippen LogP contribution in [-0.2, 0) is 37.2 Å². The number of hydrogen-bond donors (Lipinski definition) is 0. The van der Waals surface area contributed by atoms with E-state index in [1.54, 1.807) is 0 Å². The minimum absolute atomic E-state index is 0. The van der Waals surface area contributed by atoms with Crippen LogP contribution < -0.4 is 0 Å². The number of rotatable bonds is 0. The largest absolute Gasteiger partial charge is 4.00 e. The smallest absolute Gasteiger partial charge is 2.00 e. The molecule has 4 heteroatoms. The topological polar surface area (TPSA) is 57.0 Å². The van der Waals surface area contributed by atoms with E-state index in [1.165, 1.54) is 0 Å². The van der Waals surface area contributed by atoms with Crippen LogP contribution in [0.15, 0.2) is 0 Å². The van der Waals surface area contributed by atoms with Crippen LogP contribution in [0.5, 0.6) is 0 Å². The quantitative estimate of drug-likeness (QED) is 0.592. The van der Waals surface area contributed by atoms with Crippen LogP contribution in [-0.4, -0.2) is 0 Å². The molecule has 1 radical (unpaired) electrons. The standard InChI is InChI=1S/2O.Yb.Zr/q2*-2;+3;+4. The second kappa shape index (κ2) is 18.4. The average Bonchev–Trinajstić information content (AvgIpc) is 0. The van der Waals surface area contributed by atoms with Gasteiger partial charge in [0.2, 0.25) is 0 Å². The first-order valence-electron chi connectivity index (χ1n) is 0. The van der Waals surface area contributed by atoms with E-state index in [0.29, 0.717) is 0 Å². The Labute approximate surface area is 82.3 Å². The summed E-state index contributed by atoms with van der Waals surface area (Å²) in [5.41, 5.74) is 0. The van der Waals surface area contributed by atoms with E-state index in [4.69, 9.17) is 0 Å². The van der Waals surface area contributed by atoms with Gasteiger partial charge in [-0.05, 0) is 0 Å². The molecule has 0 aromatic rings. The zero-order valence-corrected chi connectivity index (χ0v) is 5.76. The van der Waals surface area contributed by atoms with Crippen LogP contribution in [0.4, 0.5) is 0 Å². The Balaban J connectivity index is 0. The van der Waals surface area contributed by atoms with Gasteiger partial charge in [0.1, 0.15) is 0 Å². The van der Waals surface area contributed by atoms with Crippen LogP contribution in [0.3, 0.4) is 0 Å². The molecule has 0 heterocycles. The minimum Gasteiger partial charge on any atom is -2.00 e. The van der Waals surface area contributed by atoms with Crippen molar-refractivity contribution in [3.8, 4) is 0 Å². The molecule has 0 bridgehead atoms. The molecule has 0 atom stereocenters. The summed E-state index contributed by atoms with van der Waals surface area (Å²) in [6.07, 6.45) is 0. The predicted molar refractivity (Wildman–Crippen MR) is 1.37 cm³/mol. The summed E-state index contributed by atoms with van der Waals surface area (Å²) in [6, 6.07) is 0. The Kier molecular flexibility index (Phi) is 153. The first-order chi connectivity index (χ1) is 0. The van der Waals surface area contributed by atoms with Crippen LogP contribution in [0.1, 0.15) is 0 Å². The first-order valence-corrected chi connectivity index (χ1v) is 0.